The molecule has 2 saturated carbocycles. The molecule has 0 atom stereocenters. The molecule has 0 spiro atoms. The van der Waals surface area contributed by atoms with Gasteiger partial charge in [-0.2, -0.15) is 0 Å². The Labute approximate surface area is 158 Å². The highest BCUT2D eigenvalue weighted by atomic mass is 15.2. The van der Waals surface area contributed by atoms with Gasteiger partial charge in [0.15, 0.2) is 0 Å². The summed E-state index contributed by atoms with van der Waals surface area (Å²) in [4.78, 5) is 2.92. The first-order valence-electron chi connectivity index (χ1n) is 10.9. The second-order valence-corrected chi connectivity index (χ2v) is 8.63. The van der Waals surface area contributed by atoms with Crippen LogP contribution in [0.25, 0.3) is 11.1 Å². The van der Waals surface area contributed by atoms with Crippen LogP contribution in [0.1, 0.15) is 75.3 Å². The van der Waals surface area contributed by atoms with Gasteiger partial charge >= 0.3 is 0 Å². The summed E-state index contributed by atoms with van der Waals surface area (Å²) in [7, 11) is 0. The third-order valence-electron chi connectivity index (χ3n) is 7.04. The summed E-state index contributed by atoms with van der Waals surface area (Å²) in [5, 5.41) is 0. The summed E-state index contributed by atoms with van der Waals surface area (Å²) in [6.45, 7) is 0. The molecule has 5 rings (SSSR count). The van der Waals surface area contributed by atoms with Crippen molar-refractivity contribution >= 4 is 5.69 Å². The van der Waals surface area contributed by atoms with Gasteiger partial charge in [0, 0.05) is 24.2 Å². The second kappa shape index (κ2) is 7.10. The molecule has 1 heteroatoms. The van der Waals surface area contributed by atoms with Gasteiger partial charge in [-0.05, 0) is 54.0 Å². The van der Waals surface area contributed by atoms with Gasteiger partial charge in [0.05, 0.1) is 0 Å². The predicted octanol–water partition coefficient (Wildman–Crippen LogP) is 6.73. The normalized spacial score (nSPS) is 20.6. The van der Waals surface area contributed by atoms with Crippen LogP contribution < -0.4 is 4.90 Å². The monoisotopic (exact) mass is 345 g/mol. The summed E-state index contributed by atoms with van der Waals surface area (Å²) in [6.07, 6.45) is 15.3. The highest BCUT2D eigenvalue weighted by Crippen LogP contribution is 2.44. The second-order valence-electron chi connectivity index (χ2n) is 8.63. The van der Waals surface area contributed by atoms with Gasteiger partial charge in [0.1, 0.15) is 0 Å². The molecule has 0 saturated heterocycles. The van der Waals surface area contributed by atoms with Crippen molar-refractivity contribution in [3.05, 3.63) is 53.6 Å². The minimum Gasteiger partial charge on any atom is -0.365 e. The van der Waals surface area contributed by atoms with Crippen LogP contribution in [0.2, 0.25) is 0 Å². The van der Waals surface area contributed by atoms with Crippen LogP contribution >= 0.6 is 0 Å². The number of fused-ring (bicyclic) bond motifs is 3. The summed E-state index contributed by atoms with van der Waals surface area (Å²) in [5.41, 5.74) is 7.65. The predicted molar refractivity (Wildman–Crippen MR) is 111 cm³/mol. The van der Waals surface area contributed by atoms with Crippen LogP contribution in [0.15, 0.2) is 42.5 Å². The first-order valence-corrected chi connectivity index (χ1v) is 10.9. The minimum atomic E-state index is 0.766. The average molecular weight is 346 g/mol. The van der Waals surface area contributed by atoms with Crippen molar-refractivity contribution in [3.8, 4) is 11.1 Å². The highest BCUT2D eigenvalue weighted by molar-refractivity contribution is 5.82. The molecule has 2 aromatic rings. The standard InChI is InChI=1S/C25H31N/c1-3-11-20(12-4-1)26(21-13-5-2-6-14-21)25-17-9-16-23-22-15-8-7-10-19(22)18-24(23)25/h7-10,15-17,20-21H,1-6,11-14,18H2. The molecule has 0 aromatic heterocycles. The Balaban J connectivity index is 1.56. The SMILES string of the molecule is c1ccc2c(c1)Cc1c-2cccc1N(C1CCCCC1)C1CCCCC1. The molecule has 0 radical (unpaired) electrons. The fourth-order valence-electron chi connectivity index (χ4n) is 5.79. The lowest BCUT2D eigenvalue weighted by atomic mass is 9.87. The van der Waals surface area contributed by atoms with Crippen molar-refractivity contribution < 1.29 is 0 Å². The molecular formula is C25H31N. The van der Waals surface area contributed by atoms with Crippen molar-refractivity contribution in [2.75, 3.05) is 4.90 Å². The third kappa shape index (κ3) is 2.86. The van der Waals surface area contributed by atoms with Gasteiger partial charge in [-0.3, -0.25) is 0 Å². The number of hydrogen-bond acceptors (Lipinski definition) is 1. The van der Waals surface area contributed by atoms with Gasteiger partial charge in [0.25, 0.3) is 0 Å². The maximum atomic E-state index is 2.92. The van der Waals surface area contributed by atoms with Crippen molar-refractivity contribution in [2.45, 2.75) is 82.7 Å². The van der Waals surface area contributed by atoms with E-state index in [1.54, 1.807) is 11.3 Å². The van der Waals surface area contributed by atoms with Gasteiger partial charge < -0.3 is 4.90 Å². The number of rotatable bonds is 3. The van der Waals surface area contributed by atoms with Crippen molar-refractivity contribution in [1.82, 2.24) is 0 Å². The van der Waals surface area contributed by atoms with E-state index in [1.807, 2.05) is 0 Å². The fourth-order valence-corrected chi connectivity index (χ4v) is 5.79. The summed E-state index contributed by atoms with van der Waals surface area (Å²) >= 11 is 0. The van der Waals surface area contributed by atoms with Gasteiger partial charge in [-0.25, -0.2) is 0 Å². The van der Waals surface area contributed by atoms with E-state index in [4.69, 9.17) is 0 Å². The largest absolute Gasteiger partial charge is 0.365 e. The topological polar surface area (TPSA) is 3.24 Å². The maximum Gasteiger partial charge on any atom is 0.0413 e. The van der Waals surface area contributed by atoms with E-state index >= 15 is 0 Å². The van der Waals surface area contributed by atoms with E-state index in [0.29, 0.717) is 0 Å². The first kappa shape index (κ1) is 16.4. The molecule has 2 fully saturated rings. The van der Waals surface area contributed by atoms with E-state index in [9.17, 15) is 0 Å². The van der Waals surface area contributed by atoms with E-state index in [0.717, 1.165) is 18.5 Å². The Morgan fingerprint density at radius 2 is 1.23 bits per heavy atom. The number of anilines is 1. The van der Waals surface area contributed by atoms with Gasteiger partial charge in [0.2, 0.25) is 0 Å². The molecule has 2 aromatic carbocycles. The molecule has 3 aliphatic rings. The molecule has 0 bridgehead atoms. The molecule has 136 valence electrons. The molecule has 3 aliphatic carbocycles. The van der Waals surface area contributed by atoms with E-state index in [2.05, 4.69) is 47.4 Å². The average Bonchev–Trinajstić information content (AvgIpc) is 3.10. The zero-order valence-electron chi connectivity index (χ0n) is 15.9. The van der Waals surface area contributed by atoms with Crippen molar-refractivity contribution in [1.29, 1.82) is 0 Å². The lowest BCUT2D eigenvalue weighted by molar-refractivity contribution is 0.339. The molecule has 1 nitrogen and oxygen atoms in total. The van der Waals surface area contributed by atoms with Crippen molar-refractivity contribution in [3.63, 3.8) is 0 Å². The van der Waals surface area contributed by atoms with Crippen LogP contribution in [0.3, 0.4) is 0 Å². The third-order valence-corrected chi connectivity index (χ3v) is 7.04. The van der Waals surface area contributed by atoms with E-state index in [-0.39, 0.29) is 0 Å². The van der Waals surface area contributed by atoms with Crippen LogP contribution in [0.5, 0.6) is 0 Å². The highest BCUT2D eigenvalue weighted by Gasteiger charge is 2.32. The summed E-state index contributed by atoms with van der Waals surface area (Å²) < 4.78 is 0. The van der Waals surface area contributed by atoms with E-state index in [1.165, 1.54) is 80.9 Å². The van der Waals surface area contributed by atoms with E-state index < -0.39 is 0 Å². The quantitative estimate of drug-likeness (QED) is 0.508. The molecule has 0 N–H and O–H groups in total. The molecular weight excluding hydrogens is 314 g/mol. The maximum absolute atomic E-state index is 2.92. The first-order chi connectivity index (χ1) is 12.9. The molecule has 0 heterocycles. The van der Waals surface area contributed by atoms with Crippen LogP contribution in [0, 0.1) is 0 Å². The van der Waals surface area contributed by atoms with Crippen molar-refractivity contribution in [2.24, 2.45) is 0 Å². The van der Waals surface area contributed by atoms with Gasteiger partial charge in [-0.1, -0.05) is 74.9 Å². The number of hydrogen-bond donors (Lipinski definition) is 0. The number of nitrogens with zero attached hydrogens (tertiary/aromatic N) is 1. The fraction of sp³-hybridized carbons (Fsp3) is 0.520. The Bertz CT molecular complexity index is 747. The van der Waals surface area contributed by atoms with Crippen LogP contribution in [0.4, 0.5) is 5.69 Å². The molecule has 0 unspecified atom stereocenters. The lowest BCUT2D eigenvalue weighted by Gasteiger charge is -2.44. The molecule has 26 heavy (non-hydrogen) atoms. The molecule has 0 aliphatic heterocycles. The molecule has 0 amide bonds. The van der Waals surface area contributed by atoms with Crippen LogP contribution in [-0.2, 0) is 6.42 Å². The summed E-state index contributed by atoms with van der Waals surface area (Å²) in [5.74, 6) is 0. The number of benzene rings is 2. The smallest absolute Gasteiger partial charge is 0.0413 e. The van der Waals surface area contributed by atoms with Gasteiger partial charge in [-0.15, -0.1) is 0 Å². The Morgan fingerprint density at radius 1 is 0.615 bits per heavy atom. The Morgan fingerprint density at radius 3 is 1.92 bits per heavy atom. The zero-order valence-corrected chi connectivity index (χ0v) is 15.9. The lowest BCUT2D eigenvalue weighted by Crippen LogP contribution is -2.45. The van der Waals surface area contributed by atoms with Crippen LogP contribution in [-0.4, -0.2) is 12.1 Å². The minimum absolute atomic E-state index is 0.766. The summed E-state index contributed by atoms with van der Waals surface area (Å²) in [6, 6.07) is 17.7. The Kier molecular flexibility index (Phi) is 4.48. The Hall–Kier alpha value is -1.76. The zero-order chi connectivity index (χ0) is 17.3.